The molecule has 0 aromatic heterocycles. The van der Waals surface area contributed by atoms with Crippen LogP contribution in [0.15, 0.2) is 24.3 Å². The fraction of sp³-hybridized carbons (Fsp3) is 0.462. The predicted octanol–water partition coefficient (Wildman–Crippen LogP) is 1.96. The highest BCUT2D eigenvalue weighted by Gasteiger charge is 2.48. The molecule has 0 N–H and O–H groups in total. The van der Waals surface area contributed by atoms with Gasteiger partial charge in [-0.05, 0) is 19.9 Å². The first kappa shape index (κ1) is 14.4. The van der Waals surface area contributed by atoms with Crippen LogP contribution in [-0.4, -0.2) is 29.9 Å². The number of hydrogen-bond acceptors (Lipinski definition) is 6. The molecular formula is C13H15NO6. The summed E-state index contributed by atoms with van der Waals surface area (Å²) >= 11 is 0. The van der Waals surface area contributed by atoms with E-state index in [4.69, 9.17) is 9.47 Å². The van der Waals surface area contributed by atoms with Crippen LogP contribution in [-0.2, 0) is 19.0 Å². The van der Waals surface area contributed by atoms with E-state index >= 15 is 0 Å². The summed E-state index contributed by atoms with van der Waals surface area (Å²) in [5.41, 5.74) is 0.172. The van der Waals surface area contributed by atoms with Crippen LogP contribution < -0.4 is 0 Å². The number of hydrogen-bond donors (Lipinski definition) is 0. The summed E-state index contributed by atoms with van der Waals surface area (Å²) in [6.07, 6.45) is -1.91. The third kappa shape index (κ3) is 2.63. The fourth-order valence-corrected chi connectivity index (χ4v) is 2.17. The Hall–Kier alpha value is -1.99. The second-order valence-corrected chi connectivity index (χ2v) is 4.82. The van der Waals surface area contributed by atoms with Crippen molar-refractivity contribution < 1.29 is 23.9 Å². The Morgan fingerprint density at radius 2 is 2.00 bits per heavy atom. The molecule has 20 heavy (non-hydrogen) atoms. The number of esters is 1. The normalized spacial score (nSPS) is 24.4. The second-order valence-electron chi connectivity index (χ2n) is 4.82. The van der Waals surface area contributed by atoms with Gasteiger partial charge in [0.05, 0.1) is 17.6 Å². The molecule has 7 nitrogen and oxygen atoms in total. The summed E-state index contributed by atoms with van der Waals surface area (Å²) in [7, 11) is 1.23. The SMILES string of the molecule is COC(=O)[C@@H]1OC(C)(C)O[C@H]1c1ccccc1[N+](=O)[O-]. The van der Waals surface area contributed by atoms with Gasteiger partial charge in [-0.3, -0.25) is 10.1 Å². The van der Waals surface area contributed by atoms with Gasteiger partial charge >= 0.3 is 5.97 Å². The monoisotopic (exact) mass is 281 g/mol. The number of carbonyl (C=O) groups is 1. The number of benzene rings is 1. The van der Waals surface area contributed by atoms with Crippen molar-refractivity contribution >= 4 is 11.7 Å². The molecule has 1 fully saturated rings. The Labute approximate surface area is 115 Å². The molecule has 1 aromatic rings. The molecule has 0 bridgehead atoms. The predicted molar refractivity (Wildman–Crippen MR) is 67.9 cm³/mol. The van der Waals surface area contributed by atoms with Crippen molar-refractivity contribution in [2.24, 2.45) is 0 Å². The van der Waals surface area contributed by atoms with E-state index in [0.717, 1.165) is 0 Å². The first-order chi connectivity index (χ1) is 9.35. The van der Waals surface area contributed by atoms with E-state index in [1.807, 2.05) is 0 Å². The number of para-hydroxylation sites is 1. The number of nitrogens with zero attached hydrogens (tertiary/aromatic N) is 1. The molecule has 0 amide bonds. The number of carbonyl (C=O) groups excluding carboxylic acids is 1. The Kier molecular flexibility index (Phi) is 3.74. The standard InChI is InChI=1S/C13H15NO6/c1-13(2)19-10(11(20-13)12(15)18-3)8-6-4-5-7-9(8)14(16)17/h4-7,10-11H,1-3H3/t10-,11+/m0/s1. The summed E-state index contributed by atoms with van der Waals surface area (Å²) in [4.78, 5) is 22.3. The van der Waals surface area contributed by atoms with E-state index in [1.54, 1.807) is 32.0 Å². The Bertz CT molecular complexity index is 541. The smallest absolute Gasteiger partial charge is 0.338 e. The van der Waals surface area contributed by atoms with Gasteiger partial charge < -0.3 is 14.2 Å². The van der Waals surface area contributed by atoms with Gasteiger partial charge in [0.25, 0.3) is 5.69 Å². The maximum Gasteiger partial charge on any atom is 0.338 e. The molecule has 1 heterocycles. The minimum atomic E-state index is -1.03. The average Bonchev–Trinajstić information content (AvgIpc) is 2.73. The lowest BCUT2D eigenvalue weighted by Gasteiger charge is -2.16. The quantitative estimate of drug-likeness (QED) is 0.478. The average molecular weight is 281 g/mol. The molecule has 2 atom stereocenters. The van der Waals surface area contributed by atoms with Gasteiger partial charge in [0, 0.05) is 6.07 Å². The summed E-state index contributed by atoms with van der Waals surface area (Å²) in [5, 5.41) is 11.1. The number of ether oxygens (including phenoxy) is 3. The molecule has 0 unspecified atom stereocenters. The van der Waals surface area contributed by atoms with E-state index in [2.05, 4.69) is 4.74 Å². The van der Waals surface area contributed by atoms with Gasteiger partial charge in [0.2, 0.25) is 0 Å². The Morgan fingerprint density at radius 3 is 2.60 bits per heavy atom. The Morgan fingerprint density at radius 1 is 1.35 bits per heavy atom. The molecule has 1 aliphatic rings. The van der Waals surface area contributed by atoms with Crippen molar-refractivity contribution in [1.29, 1.82) is 0 Å². The number of rotatable bonds is 3. The van der Waals surface area contributed by atoms with Gasteiger partial charge in [-0.1, -0.05) is 12.1 Å². The minimum Gasteiger partial charge on any atom is -0.467 e. The zero-order chi connectivity index (χ0) is 14.9. The molecule has 108 valence electrons. The largest absolute Gasteiger partial charge is 0.467 e. The van der Waals surface area contributed by atoms with E-state index in [9.17, 15) is 14.9 Å². The number of methoxy groups -OCH3 is 1. The summed E-state index contributed by atoms with van der Waals surface area (Å²) < 4.78 is 15.8. The van der Waals surface area contributed by atoms with E-state index < -0.39 is 28.9 Å². The summed E-state index contributed by atoms with van der Waals surface area (Å²) in [6, 6.07) is 6.10. The Balaban J connectivity index is 2.44. The van der Waals surface area contributed by atoms with Gasteiger partial charge in [0.1, 0.15) is 6.10 Å². The molecule has 0 radical (unpaired) electrons. The number of nitro benzene ring substituents is 1. The maximum atomic E-state index is 11.8. The first-order valence-corrected chi connectivity index (χ1v) is 6.02. The summed E-state index contributed by atoms with van der Waals surface area (Å²) in [5.74, 6) is -1.65. The maximum absolute atomic E-state index is 11.8. The minimum absolute atomic E-state index is 0.118. The zero-order valence-electron chi connectivity index (χ0n) is 11.4. The lowest BCUT2D eigenvalue weighted by atomic mass is 10.0. The van der Waals surface area contributed by atoms with E-state index in [0.29, 0.717) is 5.56 Å². The lowest BCUT2D eigenvalue weighted by molar-refractivity contribution is -0.386. The molecule has 2 rings (SSSR count). The molecule has 1 aromatic carbocycles. The first-order valence-electron chi connectivity index (χ1n) is 6.02. The highest BCUT2D eigenvalue weighted by atomic mass is 16.8. The van der Waals surface area contributed by atoms with Crippen LogP contribution in [0.3, 0.4) is 0 Å². The van der Waals surface area contributed by atoms with Gasteiger partial charge in [-0.25, -0.2) is 4.79 Å². The van der Waals surface area contributed by atoms with Crippen molar-refractivity contribution in [2.45, 2.75) is 31.8 Å². The fourth-order valence-electron chi connectivity index (χ4n) is 2.17. The van der Waals surface area contributed by atoms with Crippen LogP contribution in [0.2, 0.25) is 0 Å². The van der Waals surface area contributed by atoms with E-state index in [-0.39, 0.29) is 5.69 Å². The molecule has 1 aliphatic heterocycles. The van der Waals surface area contributed by atoms with Crippen LogP contribution in [0.1, 0.15) is 25.5 Å². The molecule has 0 aliphatic carbocycles. The van der Waals surface area contributed by atoms with Crippen LogP contribution in [0.25, 0.3) is 0 Å². The molecule has 1 saturated heterocycles. The molecular weight excluding hydrogens is 266 g/mol. The van der Waals surface area contributed by atoms with Crippen LogP contribution in [0.5, 0.6) is 0 Å². The van der Waals surface area contributed by atoms with Crippen molar-refractivity contribution in [3.63, 3.8) is 0 Å². The van der Waals surface area contributed by atoms with E-state index in [1.165, 1.54) is 13.2 Å². The second kappa shape index (κ2) is 5.18. The summed E-state index contributed by atoms with van der Waals surface area (Å²) in [6.45, 7) is 3.27. The van der Waals surface area contributed by atoms with Crippen LogP contribution in [0, 0.1) is 10.1 Å². The zero-order valence-corrected chi connectivity index (χ0v) is 11.4. The molecule has 0 saturated carbocycles. The van der Waals surface area contributed by atoms with Crippen LogP contribution >= 0.6 is 0 Å². The van der Waals surface area contributed by atoms with Crippen molar-refractivity contribution in [2.75, 3.05) is 7.11 Å². The number of nitro groups is 1. The van der Waals surface area contributed by atoms with Crippen LogP contribution in [0.4, 0.5) is 5.69 Å². The van der Waals surface area contributed by atoms with Crippen molar-refractivity contribution in [3.05, 3.63) is 39.9 Å². The molecule has 0 spiro atoms. The third-order valence-corrected chi connectivity index (χ3v) is 2.97. The van der Waals surface area contributed by atoms with Gasteiger partial charge in [0.15, 0.2) is 11.9 Å². The van der Waals surface area contributed by atoms with Crippen molar-refractivity contribution in [1.82, 2.24) is 0 Å². The topological polar surface area (TPSA) is 87.9 Å². The highest BCUT2D eigenvalue weighted by molar-refractivity contribution is 5.76. The lowest BCUT2D eigenvalue weighted by Crippen LogP contribution is -2.29. The third-order valence-electron chi connectivity index (χ3n) is 2.97. The van der Waals surface area contributed by atoms with Crippen molar-refractivity contribution in [3.8, 4) is 0 Å². The van der Waals surface area contributed by atoms with Gasteiger partial charge in [-0.15, -0.1) is 0 Å². The van der Waals surface area contributed by atoms with Gasteiger partial charge in [-0.2, -0.15) is 0 Å². The highest BCUT2D eigenvalue weighted by Crippen LogP contribution is 2.41. The molecule has 7 heteroatoms.